The van der Waals surface area contributed by atoms with Gasteiger partial charge in [0.1, 0.15) is 5.01 Å². The molecular formula is C10H11ClN2S2. The van der Waals surface area contributed by atoms with Crippen LogP contribution in [-0.2, 0) is 0 Å². The van der Waals surface area contributed by atoms with Gasteiger partial charge in [0.15, 0.2) is 0 Å². The summed E-state index contributed by atoms with van der Waals surface area (Å²) in [6, 6.07) is 1.99. The van der Waals surface area contributed by atoms with Gasteiger partial charge in [-0.3, -0.25) is 0 Å². The van der Waals surface area contributed by atoms with Gasteiger partial charge in [0, 0.05) is 16.3 Å². The summed E-state index contributed by atoms with van der Waals surface area (Å²) in [7, 11) is 0. The van der Waals surface area contributed by atoms with Gasteiger partial charge in [0.05, 0.1) is 15.6 Å². The standard InChI is InChI=1S/C10H11ClN2S2/c1-5(12)9-6(2)13-10(15-9)8-3-7(11)4-14-8/h3-5H,12H2,1-2H3. The molecule has 0 aromatic carbocycles. The summed E-state index contributed by atoms with van der Waals surface area (Å²) in [5, 5.41) is 3.70. The van der Waals surface area contributed by atoms with E-state index in [0.717, 1.165) is 25.5 Å². The van der Waals surface area contributed by atoms with Crippen LogP contribution in [0.2, 0.25) is 5.02 Å². The van der Waals surface area contributed by atoms with Crippen LogP contribution in [0.4, 0.5) is 0 Å². The summed E-state index contributed by atoms with van der Waals surface area (Å²) in [5.74, 6) is 0. The second-order valence-electron chi connectivity index (χ2n) is 3.39. The number of halogens is 1. The summed E-state index contributed by atoms with van der Waals surface area (Å²) in [6.45, 7) is 3.97. The molecule has 2 aromatic heterocycles. The first-order chi connectivity index (χ1) is 7.08. The first-order valence-corrected chi connectivity index (χ1v) is 6.62. The first kappa shape index (κ1) is 11.1. The molecule has 0 aliphatic carbocycles. The van der Waals surface area contributed by atoms with Gasteiger partial charge in [-0.15, -0.1) is 22.7 Å². The molecule has 0 aliphatic heterocycles. The van der Waals surface area contributed by atoms with Gasteiger partial charge >= 0.3 is 0 Å². The summed E-state index contributed by atoms with van der Waals surface area (Å²) < 4.78 is 0. The Balaban J connectivity index is 2.42. The van der Waals surface area contributed by atoms with Gasteiger partial charge in [-0.1, -0.05) is 11.6 Å². The van der Waals surface area contributed by atoms with Crippen LogP contribution in [-0.4, -0.2) is 4.98 Å². The third-order valence-electron chi connectivity index (χ3n) is 2.02. The Bertz CT molecular complexity index is 473. The average molecular weight is 259 g/mol. The molecule has 15 heavy (non-hydrogen) atoms. The third kappa shape index (κ3) is 2.23. The molecule has 0 saturated carbocycles. The van der Waals surface area contributed by atoms with Crippen molar-refractivity contribution in [2.24, 2.45) is 5.73 Å². The van der Waals surface area contributed by atoms with Crippen molar-refractivity contribution in [3.8, 4) is 9.88 Å². The number of aryl methyl sites for hydroxylation is 1. The van der Waals surface area contributed by atoms with Crippen molar-refractivity contribution >= 4 is 34.3 Å². The molecule has 1 atom stereocenters. The zero-order valence-corrected chi connectivity index (χ0v) is 10.8. The van der Waals surface area contributed by atoms with Crippen LogP contribution in [0.5, 0.6) is 0 Å². The van der Waals surface area contributed by atoms with Gasteiger partial charge in [0.25, 0.3) is 0 Å². The van der Waals surface area contributed by atoms with Gasteiger partial charge in [-0.25, -0.2) is 4.98 Å². The summed E-state index contributed by atoms with van der Waals surface area (Å²) >= 11 is 9.14. The Morgan fingerprint density at radius 3 is 2.73 bits per heavy atom. The van der Waals surface area contributed by atoms with Crippen molar-refractivity contribution in [3.05, 3.63) is 27.0 Å². The second-order valence-corrected chi connectivity index (χ2v) is 5.76. The monoisotopic (exact) mass is 258 g/mol. The van der Waals surface area contributed by atoms with Crippen molar-refractivity contribution in [2.45, 2.75) is 19.9 Å². The van der Waals surface area contributed by atoms with E-state index in [-0.39, 0.29) is 6.04 Å². The smallest absolute Gasteiger partial charge is 0.133 e. The lowest BCUT2D eigenvalue weighted by atomic mass is 10.2. The van der Waals surface area contributed by atoms with E-state index in [4.69, 9.17) is 17.3 Å². The minimum Gasteiger partial charge on any atom is -0.323 e. The molecule has 0 spiro atoms. The molecule has 0 aliphatic rings. The highest BCUT2D eigenvalue weighted by Crippen LogP contribution is 2.35. The zero-order chi connectivity index (χ0) is 11.0. The predicted molar refractivity (Wildman–Crippen MR) is 67.8 cm³/mol. The van der Waals surface area contributed by atoms with Gasteiger partial charge in [0.2, 0.25) is 0 Å². The largest absolute Gasteiger partial charge is 0.323 e. The van der Waals surface area contributed by atoms with Gasteiger partial charge in [-0.2, -0.15) is 0 Å². The van der Waals surface area contributed by atoms with E-state index in [2.05, 4.69) is 4.98 Å². The first-order valence-electron chi connectivity index (χ1n) is 4.55. The predicted octanol–water partition coefficient (Wildman–Crippen LogP) is 3.85. The molecule has 80 valence electrons. The molecule has 2 heterocycles. The molecule has 0 bridgehead atoms. The van der Waals surface area contributed by atoms with Crippen molar-refractivity contribution < 1.29 is 0 Å². The third-order valence-corrected chi connectivity index (χ3v) is 4.83. The number of thiazole rings is 1. The van der Waals surface area contributed by atoms with E-state index in [1.165, 1.54) is 0 Å². The van der Waals surface area contributed by atoms with Gasteiger partial charge in [-0.05, 0) is 19.9 Å². The molecule has 0 amide bonds. The maximum Gasteiger partial charge on any atom is 0.133 e. The Labute approximate surface area is 102 Å². The van der Waals surface area contributed by atoms with Crippen LogP contribution in [0.15, 0.2) is 11.4 Å². The lowest BCUT2D eigenvalue weighted by Crippen LogP contribution is -2.03. The molecule has 1 unspecified atom stereocenters. The van der Waals surface area contributed by atoms with E-state index < -0.39 is 0 Å². The van der Waals surface area contributed by atoms with Crippen LogP contribution < -0.4 is 5.73 Å². The van der Waals surface area contributed by atoms with Gasteiger partial charge < -0.3 is 5.73 Å². The minimum atomic E-state index is 0.0479. The topological polar surface area (TPSA) is 38.9 Å². The van der Waals surface area contributed by atoms with Crippen molar-refractivity contribution in [2.75, 3.05) is 0 Å². The molecule has 2 N–H and O–H groups in total. The Kier molecular flexibility index (Phi) is 3.11. The number of hydrogen-bond acceptors (Lipinski definition) is 4. The highest BCUT2D eigenvalue weighted by molar-refractivity contribution is 7.21. The minimum absolute atomic E-state index is 0.0479. The Hall–Kier alpha value is -0.420. The fraction of sp³-hybridized carbons (Fsp3) is 0.300. The number of thiophene rings is 1. The molecule has 0 fully saturated rings. The highest BCUT2D eigenvalue weighted by Gasteiger charge is 2.13. The Morgan fingerprint density at radius 2 is 2.27 bits per heavy atom. The number of nitrogens with two attached hydrogens (primary N) is 1. The van der Waals surface area contributed by atoms with Crippen LogP contribution in [0.25, 0.3) is 9.88 Å². The molecular weight excluding hydrogens is 248 g/mol. The number of aromatic nitrogens is 1. The van der Waals surface area contributed by atoms with Crippen molar-refractivity contribution in [3.63, 3.8) is 0 Å². The van der Waals surface area contributed by atoms with E-state index in [1.807, 2.05) is 25.3 Å². The summed E-state index contributed by atoms with van der Waals surface area (Å²) in [6.07, 6.45) is 0. The summed E-state index contributed by atoms with van der Waals surface area (Å²) in [4.78, 5) is 6.76. The normalized spacial score (nSPS) is 13.1. The number of nitrogens with zero attached hydrogens (tertiary/aromatic N) is 1. The molecule has 0 saturated heterocycles. The van der Waals surface area contributed by atoms with Crippen LogP contribution in [0.3, 0.4) is 0 Å². The van der Waals surface area contributed by atoms with E-state index in [1.54, 1.807) is 22.7 Å². The van der Waals surface area contributed by atoms with Crippen LogP contribution in [0.1, 0.15) is 23.5 Å². The quantitative estimate of drug-likeness (QED) is 0.889. The molecule has 2 aromatic rings. The lowest BCUT2D eigenvalue weighted by molar-refractivity contribution is 0.825. The number of rotatable bonds is 2. The van der Waals surface area contributed by atoms with E-state index >= 15 is 0 Å². The average Bonchev–Trinajstić information content (AvgIpc) is 2.71. The van der Waals surface area contributed by atoms with Crippen molar-refractivity contribution in [1.29, 1.82) is 0 Å². The molecule has 2 rings (SSSR count). The van der Waals surface area contributed by atoms with E-state index in [9.17, 15) is 0 Å². The van der Waals surface area contributed by atoms with Crippen LogP contribution >= 0.6 is 34.3 Å². The maximum atomic E-state index is 5.88. The zero-order valence-electron chi connectivity index (χ0n) is 8.45. The SMILES string of the molecule is Cc1nc(-c2cc(Cl)cs2)sc1C(C)N. The maximum absolute atomic E-state index is 5.88. The highest BCUT2D eigenvalue weighted by atomic mass is 35.5. The second kappa shape index (κ2) is 4.22. The fourth-order valence-corrected chi connectivity index (χ4v) is 3.52. The fourth-order valence-electron chi connectivity index (χ4n) is 1.36. The van der Waals surface area contributed by atoms with E-state index in [0.29, 0.717) is 0 Å². The van der Waals surface area contributed by atoms with Crippen molar-refractivity contribution in [1.82, 2.24) is 4.98 Å². The molecule has 0 radical (unpaired) electrons. The Morgan fingerprint density at radius 1 is 1.53 bits per heavy atom. The number of hydrogen-bond donors (Lipinski definition) is 1. The van der Waals surface area contributed by atoms with Crippen LogP contribution in [0, 0.1) is 6.92 Å². The lowest BCUT2D eigenvalue weighted by Gasteiger charge is -1.99. The molecule has 5 heteroatoms. The molecule has 2 nitrogen and oxygen atoms in total. The summed E-state index contributed by atoms with van der Waals surface area (Å²) in [5.41, 5.74) is 6.88.